The van der Waals surface area contributed by atoms with E-state index >= 15 is 0 Å². The quantitative estimate of drug-likeness (QED) is 0.836. The summed E-state index contributed by atoms with van der Waals surface area (Å²) in [6, 6.07) is 3.03. The van der Waals surface area contributed by atoms with Crippen LogP contribution in [0.3, 0.4) is 0 Å². The molecule has 1 aliphatic heterocycles. The van der Waals surface area contributed by atoms with Gasteiger partial charge in [0.1, 0.15) is 17.1 Å². The second kappa shape index (κ2) is 6.85. The van der Waals surface area contributed by atoms with Crippen molar-refractivity contribution >= 4 is 18.5 Å². The van der Waals surface area contributed by atoms with E-state index in [4.69, 9.17) is 14.0 Å². The van der Waals surface area contributed by atoms with E-state index in [1.54, 1.807) is 6.07 Å². The Morgan fingerprint density at radius 2 is 1.77 bits per heavy atom. The molecule has 1 aromatic rings. The third-order valence-corrected chi connectivity index (χ3v) is 5.74. The summed E-state index contributed by atoms with van der Waals surface area (Å²) in [5.74, 6) is -0.888. The summed E-state index contributed by atoms with van der Waals surface area (Å²) in [7, 11) is 0.713. The Labute approximate surface area is 154 Å². The van der Waals surface area contributed by atoms with Crippen molar-refractivity contribution in [2.24, 2.45) is 0 Å². The Morgan fingerprint density at radius 1 is 1.19 bits per heavy atom. The lowest BCUT2D eigenvalue weighted by molar-refractivity contribution is 0.00578. The van der Waals surface area contributed by atoms with Gasteiger partial charge >= 0.3 is 7.12 Å². The van der Waals surface area contributed by atoms with Crippen LogP contribution >= 0.6 is 0 Å². The van der Waals surface area contributed by atoms with Crippen LogP contribution in [0.5, 0.6) is 5.75 Å². The first kappa shape index (κ1) is 19.2. The van der Waals surface area contributed by atoms with Gasteiger partial charge in [-0.25, -0.2) is 4.39 Å². The summed E-state index contributed by atoms with van der Waals surface area (Å²) < 4.78 is 32.0. The van der Waals surface area contributed by atoms with Crippen LogP contribution < -0.4 is 15.5 Å². The van der Waals surface area contributed by atoms with Crippen LogP contribution in [0.15, 0.2) is 12.1 Å². The van der Waals surface area contributed by atoms with Gasteiger partial charge in [0.05, 0.1) is 18.3 Å². The zero-order chi connectivity index (χ0) is 19.1. The van der Waals surface area contributed by atoms with Gasteiger partial charge in [-0.15, -0.1) is 0 Å². The number of ether oxygens (including phenoxy) is 1. The number of carbonyl (C=O) groups is 1. The molecule has 0 radical (unpaired) electrons. The standard InChI is InChI=1S/C19H27BFNO4/c1-18(2)19(3,4)26-20(25-18)12-10-14(21)16(15(11-12)24-5)17(23)22-13-8-6-7-9-13/h10-11,13H,6-9H2,1-5H3,(H,22,23). The largest absolute Gasteiger partial charge is 0.496 e. The fourth-order valence-electron chi connectivity index (χ4n) is 3.43. The third kappa shape index (κ3) is 3.47. The van der Waals surface area contributed by atoms with E-state index in [0.717, 1.165) is 25.7 Å². The van der Waals surface area contributed by atoms with Crippen LogP contribution in [-0.2, 0) is 9.31 Å². The first-order chi connectivity index (χ1) is 12.1. The maximum atomic E-state index is 14.8. The summed E-state index contributed by atoms with van der Waals surface area (Å²) in [6.45, 7) is 7.74. The summed E-state index contributed by atoms with van der Waals surface area (Å²) in [5, 5.41) is 2.90. The molecule has 0 unspecified atom stereocenters. The molecule has 0 atom stereocenters. The highest BCUT2D eigenvalue weighted by atomic mass is 19.1. The van der Waals surface area contributed by atoms with Gasteiger partial charge in [-0.1, -0.05) is 12.8 Å². The highest BCUT2D eigenvalue weighted by Gasteiger charge is 2.52. The molecule has 1 heterocycles. The molecule has 26 heavy (non-hydrogen) atoms. The normalized spacial score (nSPS) is 21.8. The second-order valence-corrected chi connectivity index (χ2v) is 8.12. The van der Waals surface area contributed by atoms with E-state index in [9.17, 15) is 9.18 Å². The molecular formula is C19H27BFNO4. The minimum Gasteiger partial charge on any atom is -0.496 e. The molecule has 1 aliphatic carbocycles. The van der Waals surface area contributed by atoms with Crippen molar-refractivity contribution in [3.8, 4) is 5.75 Å². The molecule has 1 saturated carbocycles. The van der Waals surface area contributed by atoms with Crippen LogP contribution in [0, 0.1) is 5.82 Å². The molecule has 0 spiro atoms. The number of methoxy groups -OCH3 is 1. The molecule has 1 saturated heterocycles. The smallest absolute Gasteiger partial charge is 0.495 e. The van der Waals surface area contributed by atoms with Gasteiger partial charge in [0.2, 0.25) is 0 Å². The highest BCUT2D eigenvalue weighted by Crippen LogP contribution is 2.37. The van der Waals surface area contributed by atoms with E-state index in [-0.39, 0.29) is 17.4 Å². The van der Waals surface area contributed by atoms with Crippen LogP contribution in [0.25, 0.3) is 0 Å². The predicted octanol–water partition coefficient (Wildman–Crippen LogP) is 2.81. The zero-order valence-corrected chi connectivity index (χ0v) is 16.1. The minimum atomic E-state index is -0.713. The van der Waals surface area contributed by atoms with Gasteiger partial charge in [0.25, 0.3) is 5.91 Å². The van der Waals surface area contributed by atoms with E-state index < -0.39 is 30.0 Å². The molecular weight excluding hydrogens is 336 g/mol. The lowest BCUT2D eigenvalue weighted by Crippen LogP contribution is -2.41. The van der Waals surface area contributed by atoms with Gasteiger partial charge in [-0.05, 0) is 58.1 Å². The first-order valence-corrected chi connectivity index (χ1v) is 9.18. The number of amides is 1. The number of rotatable bonds is 4. The topological polar surface area (TPSA) is 56.8 Å². The summed E-state index contributed by atoms with van der Waals surface area (Å²) in [5.41, 5.74) is -0.630. The molecule has 1 amide bonds. The third-order valence-electron chi connectivity index (χ3n) is 5.74. The van der Waals surface area contributed by atoms with Crippen LogP contribution in [-0.4, -0.2) is 37.4 Å². The van der Waals surface area contributed by atoms with Gasteiger partial charge in [-0.2, -0.15) is 0 Å². The molecule has 1 N–H and O–H groups in total. The molecule has 0 bridgehead atoms. The van der Waals surface area contributed by atoms with Crippen molar-refractivity contribution in [1.82, 2.24) is 5.32 Å². The molecule has 2 fully saturated rings. The molecule has 3 rings (SSSR count). The summed E-state index contributed by atoms with van der Waals surface area (Å²) in [6.07, 6.45) is 4.04. The Morgan fingerprint density at radius 3 is 2.31 bits per heavy atom. The Hall–Kier alpha value is -1.60. The molecule has 1 aromatic carbocycles. The van der Waals surface area contributed by atoms with Crippen molar-refractivity contribution in [3.05, 3.63) is 23.5 Å². The van der Waals surface area contributed by atoms with Gasteiger partial charge in [0.15, 0.2) is 0 Å². The fraction of sp³-hybridized carbons (Fsp3) is 0.632. The molecule has 0 aromatic heterocycles. The van der Waals surface area contributed by atoms with Crippen molar-refractivity contribution in [3.63, 3.8) is 0 Å². The van der Waals surface area contributed by atoms with Crippen LogP contribution in [0.4, 0.5) is 4.39 Å². The van der Waals surface area contributed by atoms with E-state index in [1.807, 2.05) is 27.7 Å². The molecule has 142 valence electrons. The number of hydrogen-bond donors (Lipinski definition) is 1. The molecule has 5 nitrogen and oxygen atoms in total. The van der Waals surface area contributed by atoms with Crippen LogP contribution in [0.2, 0.25) is 0 Å². The fourth-order valence-corrected chi connectivity index (χ4v) is 3.43. The maximum absolute atomic E-state index is 14.8. The minimum absolute atomic E-state index is 0.0698. The second-order valence-electron chi connectivity index (χ2n) is 8.12. The van der Waals surface area contributed by atoms with Crippen molar-refractivity contribution < 1.29 is 23.2 Å². The Kier molecular flexibility index (Phi) is 5.05. The van der Waals surface area contributed by atoms with E-state index in [2.05, 4.69) is 5.32 Å². The van der Waals surface area contributed by atoms with E-state index in [1.165, 1.54) is 13.2 Å². The summed E-state index contributed by atoms with van der Waals surface area (Å²) >= 11 is 0. The zero-order valence-electron chi connectivity index (χ0n) is 16.1. The number of carbonyl (C=O) groups excluding carboxylic acids is 1. The Bertz CT molecular complexity index is 685. The predicted molar refractivity (Wildman–Crippen MR) is 98.4 cm³/mol. The first-order valence-electron chi connectivity index (χ1n) is 9.18. The highest BCUT2D eigenvalue weighted by molar-refractivity contribution is 6.62. The number of hydrogen-bond acceptors (Lipinski definition) is 4. The van der Waals surface area contributed by atoms with E-state index in [0.29, 0.717) is 5.46 Å². The van der Waals surface area contributed by atoms with Gasteiger partial charge in [0, 0.05) is 6.04 Å². The van der Waals surface area contributed by atoms with Crippen molar-refractivity contribution in [1.29, 1.82) is 0 Å². The van der Waals surface area contributed by atoms with Crippen LogP contribution in [0.1, 0.15) is 63.7 Å². The number of nitrogens with one attached hydrogen (secondary N) is 1. The monoisotopic (exact) mass is 363 g/mol. The summed E-state index contributed by atoms with van der Waals surface area (Å²) in [4.78, 5) is 12.5. The van der Waals surface area contributed by atoms with Gasteiger partial charge < -0.3 is 19.4 Å². The lowest BCUT2D eigenvalue weighted by Gasteiger charge is -2.32. The Balaban J connectivity index is 1.87. The average molecular weight is 363 g/mol. The van der Waals surface area contributed by atoms with Crippen molar-refractivity contribution in [2.45, 2.75) is 70.6 Å². The number of halogens is 1. The SMILES string of the molecule is COc1cc(B2OC(C)(C)C(C)(C)O2)cc(F)c1C(=O)NC1CCCC1. The molecule has 7 heteroatoms. The molecule has 2 aliphatic rings. The van der Waals surface area contributed by atoms with Crippen molar-refractivity contribution in [2.75, 3.05) is 7.11 Å². The van der Waals surface area contributed by atoms with Gasteiger partial charge in [-0.3, -0.25) is 4.79 Å². The lowest BCUT2D eigenvalue weighted by atomic mass is 9.78. The number of benzene rings is 1. The average Bonchev–Trinajstić information content (AvgIpc) is 3.12. The maximum Gasteiger partial charge on any atom is 0.495 e.